The summed E-state index contributed by atoms with van der Waals surface area (Å²) in [6.45, 7) is 3.59. The third-order valence-electron chi connectivity index (χ3n) is 1.33. The quantitative estimate of drug-likeness (QED) is 0.654. The first-order valence-corrected chi connectivity index (χ1v) is 3.60. The maximum absolute atomic E-state index is 8.85. The molecular formula is C9H12O2. The van der Waals surface area contributed by atoms with E-state index in [2.05, 4.69) is 0 Å². The van der Waals surface area contributed by atoms with Gasteiger partial charge in [-0.2, -0.15) is 0 Å². The molecule has 0 amide bonds. The van der Waals surface area contributed by atoms with Crippen molar-refractivity contribution in [2.45, 2.75) is 20.1 Å². The highest BCUT2D eigenvalue weighted by Crippen LogP contribution is 2.12. The van der Waals surface area contributed by atoms with Gasteiger partial charge in [0.2, 0.25) is 0 Å². The largest absolute Gasteiger partial charge is 0.465 e. The molecule has 1 rings (SSSR count). The Hall–Kier alpha value is -1.02. The van der Waals surface area contributed by atoms with Crippen molar-refractivity contribution in [1.82, 2.24) is 0 Å². The summed E-state index contributed by atoms with van der Waals surface area (Å²) in [6.07, 6.45) is -0.738. The van der Waals surface area contributed by atoms with Gasteiger partial charge >= 0.3 is 0 Å². The minimum absolute atomic E-state index is 0.700. The van der Waals surface area contributed by atoms with Crippen molar-refractivity contribution >= 4 is 0 Å². The summed E-state index contributed by atoms with van der Waals surface area (Å²) >= 11 is 0. The molecule has 0 spiro atoms. The zero-order chi connectivity index (χ0) is 8.27. The zero-order valence-corrected chi connectivity index (χ0v) is 6.74. The first-order valence-electron chi connectivity index (χ1n) is 3.60. The maximum atomic E-state index is 8.85. The second-order valence-electron chi connectivity index (χ2n) is 2.53. The number of rotatable bonds is 2. The van der Waals surface area contributed by atoms with Crippen LogP contribution in [0.2, 0.25) is 0 Å². The number of hydrogen-bond acceptors (Lipinski definition) is 2. The van der Waals surface area contributed by atoms with Gasteiger partial charge in [0.05, 0.1) is 0 Å². The molecule has 0 aliphatic carbocycles. The van der Waals surface area contributed by atoms with Crippen molar-refractivity contribution in [1.29, 1.82) is 0 Å². The van der Waals surface area contributed by atoms with Crippen LogP contribution in [-0.2, 0) is 0 Å². The second kappa shape index (κ2) is 3.39. The summed E-state index contributed by atoms with van der Waals surface area (Å²) in [7, 11) is 0. The van der Waals surface area contributed by atoms with Gasteiger partial charge < -0.3 is 9.84 Å². The first kappa shape index (κ1) is 8.08. The van der Waals surface area contributed by atoms with Crippen LogP contribution in [0.4, 0.5) is 0 Å². The molecule has 0 aliphatic rings. The lowest BCUT2D eigenvalue weighted by Gasteiger charge is -2.07. The van der Waals surface area contributed by atoms with Crippen LogP contribution in [0.5, 0.6) is 5.75 Å². The molecule has 0 fully saturated rings. The van der Waals surface area contributed by atoms with Crippen molar-refractivity contribution in [3.8, 4) is 5.75 Å². The predicted octanol–water partition coefficient (Wildman–Crippen LogP) is 1.71. The van der Waals surface area contributed by atoms with Gasteiger partial charge in [-0.15, -0.1) is 0 Å². The fourth-order valence-corrected chi connectivity index (χ4v) is 0.814. The van der Waals surface area contributed by atoms with E-state index >= 15 is 0 Å². The van der Waals surface area contributed by atoms with E-state index in [9.17, 15) is 0 Å². The molecule has 0 aromatic heterocycles. The van der Waals surface area contributed by atoms with E-state index in [4.69, 9.17) is 9.84 Å². The molecule has 0 heterocycles. The molecular weight excluding hydrogens is 140 g/mol. The number of benzene rings is 1. The number of aliphatic hydroxyl groups excluding tert-OH is 1. The normalized spacial score (nSPS) is 12.6. The van der Waals surface area contributed by atoms with Crippen LogP contribution in [0.25, 0.3) is 0 Å². The summed E-state index contributed by atoms with van der Waals surface area (Å²) in [4.78, 5) is 0. The lowest BCUT2D eigenvalue weighted by molar-refractivity contribution is -0.000299. The number of hydrogen-bond donors (Lipinski definition) is 1. The predicted molar refractivity (Wildman–Crippen MR) is 43.5 cm³/mol. The van der Waals surface area contributed by atoms with Gasteiger partial charge in [-0.25, -0.2) is 0 Å². The lowest BCUT2D eigenvalue weighted by Crippen LogP contribution is -2.09. The molecule has 0 radical (unpaired) electrons. The minimum Gasteiger partial charge on any atom is -0.465 e. The topological polar surface area (TPSA) is 29.5 Å². The number of aliphatic hydroxyl groups is 1. The van der Waals surface area contributed by atoms with Gasteiger partial charge in [0.1, 0.15) is 5.75 Å². The molecule has 2 nitrogen and oxygen atoms in total. The smallest absolute Gasteiger partial charge is 0.194 e. The number of ether oxygens (including phenoxy) is 1. The molecule has 60 valence electrons. The van der Waals surface area contributed by atoms with Crippen molar-refractivity contribution in [3.63, 3.8) is 0 Å². The van der Waals surface area contributed by atoms with Crippen molar-refractivity contribution < 1.29 is 9.84 Å². The Morgan fingerprint density at radius 1 is 1.27 bits per heavy atom. The van der Waals surface area contributed by atoms with Crippen LogP contribution < -0.4 is 4.74 Å². The summed E-state index contributed by atoms with van der Waals surface area (Å²) in [6, 6.07) is 7.56. The van der Waals surface area contributed by atoms with Crippen LogP contribution in [0.3, 0.4) is 0 Å². The Kier molecular flexibility index (Phi) is 2.49. The zero-order valence-electron chi connectivity index (χ0n) is 6.74. The summed E-state index contributed by atoms with van der Waals surface area (Å²) in [5.41, 5.74) is 1.18. The van der Waals surface area contributed by atoms with Gasteiger partial charge in [0.15, 0.2) is 6.29 Å². The summed E-state index contributed by atoms with van der Waals surface area (Å²) in [5.74, 6) is 0.700. The monoisotopic (exact) mass is 152 g/mol. The van der Waals surface area contributed by atoms with Gasteiger partial charge in [-0.3, -0.25) is 0 Å². The van der Waals surface area contributed by atoms with Crippen LogP contribution in [0.15, 0.2) is 24.3 Å². The Balaban J connectivity index is 2.66. The van der Waals surface area contributed by atoms with Gasteiger partial charge in [0.25, 0.3) is 0 Å². The molecule has 1 aromatic carbocycles. The van der Waals surface area contributed by atoms with E-state index in [-0.39, 0.29) is 0 Å². The third-order valence-corrected chi connectivity index (χ3v) is 1.33. The molecule has 0 aliphatic heterocycles. The fourth-order valence-electron chi connectivity index (χ4n) is 0.814. The molecule has 1 unspecified atom stereocenters. The van der Waals surface area contributed by atoms with E-state index in [1.54, 1.807) is 6.92 Å². The SMILES string of the molecule is Cc1ccc(OC(C)O)cc1. The standard InChI is InChI=1S/C9H12O2/c1-7-3-5-9(6-4-7)11-8(2)10/h3-6,8,10H,1-2H3. The second-order valence-corrected chi connectivity index (χ2v) is 2.53. The molecule has 0 saturated heterocycles. The van der Waals surface area contributed by atoms with Crippen molar-refractivity contribution in [3.05, 3.63) is 29.8 Å². The average Bonchev–Trinajstić information content (AvgIpc) is 1.93. The van der Waals surface area contributed by atoms with E-state index in [1.807, 2.05) is 31.2 Å². The van der Waals surface area contributed by atoms with Crippen LogP contribution in [0.1, 0.15) is 12.5 Å². The molecule has 2 heteroatoms. The highest BCUT2D eigenvalue weighted by atomic mass is 16.6. The molecule has 0 saturated carbocycles. The Labute approximate surface area is 66.4 Å². The van der Waals surface area contributed by atoms with Gasteiger partial charge in [0, 0.05) is 0 Å². The maximum Gasteiger partial charge on any atom is 0.194 e. The third kappa shape index (κ3) is 2.60. The van der Waals surface area contributed by atoms with Crippen LogP contribution in [0, 0.1) is 6.92 Å². The molecule has 1 atom stereocenters. The Bertz CT molecular complexity index is 214. The van der Waals surface area contributed by atoms with E-state index in [1.165, 1.54) is 5.56 Å². The lowest BCUT2D eigenvalue weighted by atomic mass is 10.2. The summed E-state index contributed by atoms with van der Waals surface area (Å²) < 4.78 is 5.02. The van der Waals surface area contributed by atoms with Crippen molar-refractivity contribution in [2.24, 2.45) is 0 Å². The van der Waals surface area contributed by atoms with E-state index in [0.29, 0.717) is 5.75 Å². The highest BCUT2D eigenvalue weighted by Gasteiger charge is 1.95. The summed E-state index contributed by atoms with van der Waals surface area (Å²) in [5, 5.41) is 8.85. The van der Waals surface area contributed by atoms with Crippen LogP contribution >= 0.6 is 0 Å². The molecule has 1 N–H and O–H groups in total. The molecule has 11 heavy (non-hydrogen) atoms. The average molecular weight is 152 g/mol. The Morgan fingerprint density at radius 2 is 1.82 bits per heavy atom. The van der Waals surface area contributed by atoms with Crippen LogP contribution in [-0.4, -0.2) is 11.4 Å². The fraction of sp³-hybridized carbons (Fsp3) is 0.333. The minimum atomic E-state index is -0.738. The van der Waals surface area contributed by atoms with Gasteiger partial charge in [-0.05, 0) is 26.0 Å². The highest BCUT2D eigenvalue weighted by molar-refractivity contribution is 5.26. The molecule has 1 aromatic rings. The van der Waals surface area contributed by atoms with Gasteiger partial charge in [-0.1, -0.05) is 17.7 Å². The van der Waals surface area contributed by atoms with E-state index < -0.39 is 6.29 Å². The van der Waals surface area contributed by atoms with E-state index in [0.717, 1.165) is 0 Å². The number of aryl methyl sites for hydroxylation is 1. The molecule has 0 bridgehead atoms. The first-order chi connectivity index (χ1) is 5.18. The Morgan fingerprint density at radius 3 is 2.27 bits per heavy atom. The van der Waals surface area contributed by atoms with Crippen molar-refractivity contribution in [2.75, 3.05) is 0 Å².